The number of nitrogens with one attached hydrogen (secondary N) is 3. The third kappa shape index (κ3) is 11.9. The number of rotatable bonds is 17. The van der Waals surface area contributed by atoms with Crippen LogP contribution in [0.3, 0.4) is 0 Å². The third-order valence-electron chi connectivity index (χ3n) is 5.28. The van der Waals surface area contributed by atoms with E-state index in [1.165, 1.54) is 36.0 Å². The molecule has 4 unspecified atom stereocenters. The van der Waals surface area contributed by atoms with Crippen molar-refractivity contribution in [1.82, 2.24) is 16.0 Å². The summed E-state index contributed by atoms with van der Waals surface area (Å²) in [5.74, 6) is -5.79. The zero-order valence-electron chi connectivity index (χ0n) is 20.7. The Bertz CT molecular complexity index is 1010. The molecule has 14 nitrogen and oxygen atoms in total. The van der Waals surface area contributed by atoms with E-state index in [9.17, 15) is 44.1 Å². The third-order valence-corrected chi connectivity index (χ3v) is 5.93. The van der Waals surface area contributed by atoms with Gasteiger partial charge in [0.1, 0.15) is 23.9 Å². The van der Waals surface area contributed by atoms with Gasteiger partial charge in [-0.1, -0.05) is 12.1 Å². The molecule has 0 saturated heterocycles. The topological polar surface area (TPSA) is 251 Å². The summed E-state index contributed by atoms with van der Waals surface area (Å²) in [6.45, 7) is 0. The average Bonchev–Trinajstić information content (AvgIpc) is 2.84. The van der Waals surface area contributed by atoms with Crippen LogP contribution in [-0.4, -0.2) is 87.1 Å². The van der Waals surface area contributed by atoms with Gasteiger partial charge in [0.05, 0.1) is 12.5 Å². The molecular weight excluding hydrogens is 522 g/mol. The van der Waals surface area contributed by atoms with Crippen molar-refractivity contribution in [2.24, 2.45) is 11.5 Å². The van der Waals surface area contributed by atoms with E-state index in [1.54, 1.807) is 6.26 Å². The summed E-state index contributed by atoms with van der Waals surface area (Å²) < 4.78 is 0. The highest BCUT2D eigenvalue weighted by Gasteiger charge is 2.31. The van der Waals surface area contributed by atoms with Gasteiger partial charge in [0.15, 0.2) is 0 Å². The Labute approximate surface area is 222 Å². The predicted molar refractivity (Wildman–Crippen MR) is 137 cm³/mol. The van der Waals surface area contributed by atoms with Gasteiger partial charge < -0.3 is 42.7 Å². The van der Waals surface area contributed by atoms with E-state index in [1.807, 2.05) is 0 Å². The van der Waals surface area contributed by atoms with Crippen LogP contribution in [0.25, 0.3) is 0 Å². The first-order valence-electron chi connectivity index (χ1n) is 11.5. The zero-order chi connectivity index (χ0) is 28.8. The highest BCUT2D eigenvalue weighted by Crippen LogP contribution is 2.12. The molecule has 0 heterocycles. The molecule has 10 N–H and O–H groups in total. The fraction of sp³-hybridized carbons (Fsp3) is 0.478. The standard InChI is InChI=1S/C23H33N5O9S/c1-38-9-8-15(26-20(33)14(24)6-7-18(25)30)21(34)27-16(11-19(31)32)22(35)28-17(23(36)37)10-12-2-4-13(29)5-3-12/h2-5,14-17,29H,6-11,24H2,1H3,(H2,25,30)(H,26,33)(H,27,34)(H,28,35)(H,31,32)(H,36,37). The molecule has 0 spiro atoms. The first-order valence-corrected chi connectivity index (χ1v) is 12.9. The number of carboxylic acid groups (broad SMARTS) is 2. The van der Waals surface area contributed by atoms with E-state index in [4.69, 9.17) is 11.5 Å². The number of hydrogen-bond donors (Lipinski definition) is 8. The van der Waals surface area contributed by atoms with Gasteiger partial charge in [-0.25, -0.2) is 4.79 Å². The number of hydrogen-bond acceptors (Lipinski definition) is 9. The van der Waals surface area contributed by atoms with E-state index in [-0.39, 0.29) is 31.4 Å². The Morgan fingerprint density at radius 1 is 0.868 bits per heavy atom. The molecule has 1 aromatic carbocycles. The van der Waals surface area contributed by atoms with Crippen LogP contribution in [0.15, 0.2) is 24.3 Å². The lowest BCUT2D eigenvalue weighted by Gasteiger charge is -2.24. The maximum absolute atomic E-state index is 12.9. The van der Waals surface area contributed by atoms with Crippen LogP contribution in [0.5, 0.6) is 5.75 Å². The van der Waals surface area contributed by atoms with Gasteiger partial charge in [0.25, 0.3) is 0 Å². The molecular formula is C23H33N5O9S. The number of phenolic OH excluding ortho intramolecular Hbond substituents is 1. The average molecular weight is 556 g/mol. The number of primary amides is 1. The molecule has 0 aliphatic heterocycles. The molecule has 0 aliphatic rings. The van der Waals surface area contributed by atoms with Crippen molar-refractivity contribution in [2.75, 3.05) is 12.0 Å². The Morgan fingerprint density at radius 2 is 1.42 bits per heavy atom. The Morgan fingerprint density at radius 3 is 1.95 bits per heavy atom. The second kappa shape index (κ2) is 16.1. The molecule has 1 rings (SSSR count). The summed E-state index contributed by atoms with van der Waals surface area (Å²) in [6.07, 6.45) is 0.637. The fourth-order valence-corrected chi connectivity index (χ4v) is 3.68. The van der Waals surface area contributed by atoms with Crippen molar-refractivity contribution in [3.05, 3.63) is 29.8 Å². The SMILES string of the molecule is CSCCC(NC(=O)C(N)CCC(N)=O)C(=O)NC(CC(=O)O)C(=O)NC(Cc1ccc(O)cc1)C(=O)O. The van der Waals surface area contributed by atoms with Gasteiger partial charge in [0, 0.05) is 12.8 Å². The van der Waals surface area contributed by atoms with E-state index < -0.39 is 66.2 Å². The van der Waals surface area contributed by atoms with E-state index >= 15 is 0 Å². The molecule has 0 aromatic heterocycles. The molecule has 0 aliphatic carbocycles. The lowest BCUT2D eigenvalue weighted by molar-refractivity contribution is -0.143. The lowest BCUT2D eigenvalue weighted by Crippen LogP contribution is -2.57. The summed E-state index contributed by atoms with van der Waals surface area (Å²) in [7, 11) is 0. The molecule has 4 atom stereocenters. The molecule has 38 heavy (non-hydrogen) atoms. The number of carbonyl (C=O) groups is 6. The maximum atomic E-state index is 12.9. The number of nitrogens with two attached hydrogens (primary N) is 2. The van der Waals surface area contributed by atoms with Crippen LogP contribution in [0.2, 0.25) is 0 Å². The number of aliphatic carboxylic acids is 2. The molecule has 0 fully saturated rings. The Kier molecular flexibility index (Phi) is 13.6. The van der Waals surface area contributed by atoms with Crippen LogP contribution in [0.4, 0.5) is 0 Å². The number of phenols is 1. The minimum absolute atomic E-state index is 0.0363. The van der Waals surface area contributed by atoms with Gasteiger partial charge in [-0.15, -0.1) is 0 Å². The van der Waals surface area contributed by atoms with Crippen LogP contribution >= 0.6 is 11.8 Å². The van der Waals surface area contributed by atoms with Gasteiger partial charge in [-0.05, 0) is 42.5 Å². The second-order valence-corrected chi connectivity index (χ2v) is 9.37. The van der Waals surface area contributed by atoms with E-state index in [0.717, 1.165) is 0 Å². The Hall–Kier alpha value is -3.85. The minimum atomic E-state index is -1.65. The van der Waals surface area contributed by atoms with Crippen molar-refractivity contribution < 1.29 is 44.1 Å². The van der Waals surface area contributed by atoms with Gasteiger partial charge >= 0.3 is 11.9 Å². The molecule has 1 aromatic rings. The summed E-state index contributed by atoms with van der Waals surface area (Å²) >= 11 is 1.37. The zero-order valence-corrected chi connectivity index (χ0v) is 21.5. The molecule has 15 heteroatoms. The molecule has 0 saturated carbocycles. The largest absolute Gasteiger partial charge is 0.508 e. The number of benzene rings is 1. The van der Waals surface area contributed by atoms with Crippen LogP contribution in [0, 0.1) is 0 Å². The highest BCUT2D eigenvalue weighted by atomic mass is 32.2. The number of aromatic hydroxyl groups is 1. The second-order valence-electron chi connectivity index (χ2n) is 8.38. The van der Waals surface area contributed by atoms with E-state index in [0.29, 0.717) is 11.3 Å². The van der Waals surface area contributed by atoms with Crippen molar-refractivity contribution in [3.63, 3.8) is 0 Å². The van der Waals surface area contributed by atoms with Gasteiger partial charge in [-0.3, -0.25) is 24.0 Å². The normalized spacial score (nSPS) is 13.8. The van der Waals surface area contributed by atoms with Crippen molar-refractivity contribution >= 4 is 47.3 Å². The lowest BCUT2D eigenvalue weighted by atomic mass is 10.0. The van der Waals surface area contributed by atoms with Gasteiger partial charge in [0.2, 0.25) is 23.6 Å². The number of carbonyl (C=O) groups excluding carboxylic acids is 4. The molecule has 210 valence electrons. The number of thioether (sulfide) groups is 1. The first-order chi connectivity index (χ1) is 17.8. The summed E-state index contributed by atoms with van der Waals surface area (Å²) in [6, 6.07) is 0.155. The van der Waals surface area contributed by atoms with Crippen LogP contribution in [-0.2, 0) is 35.2 Å². The molecule has 0 radical (unpaired) electrons. The van der Waals surface area contributed by atoms with E-state index in [2.05, 4.69) is 16.0 Å². The van der Waals surface area contributed by atoms with Crippen molar-refractivity contribution in [1.29, 1.82) is 0 Å². The molecule has 4 amide bonds. The monoisotopic (exact) mass is 555 g/mol. The number of carboxylic acids is 2. The quantitative estimate of drug-likeness (QED) is 0.107. The van der Waals surface area contributed by atoms with Crippen LogP contribution in [0.1, 0.15) is 31.2 Å². The highest BCUT2D eigenvalue weighted by molar-refractivity contribution is 7.98. The molecule has 0 bridgehead atoms. The predicted octanol–water partition coefficient (Wildman–Crippen LogP) is -1.71. The summed E-state index contributed by atoms with van der Waals surface area (Å²) in [5.41, 5.74) is 11.3. The maximum Gasteiger partial charge on any atom is 0.326 e. The van der Waals surface area contributed by atoms with Crippen molar-refractivity contribution in [2.45, 2.75) is 56.3 Å². The van der Waals surface area contributed by atoms with Crippen LogP contribution < -0.4 is 27.4 Å². The van der Waals surface area contributed by atoms with Gasteiger partial charge in [-0.2, -0.15) is 11.8 Å². The smallest absolute Gasteiger partial charge is 0.326 e. The number of amides is 4. The van der Waals surface area contributed by atoms with Crippen molar-refractivity contribution in [3.8, 4) is 5.75 Å². The minimum Gasteiger partial charge on any atom is -0.508 e. The summed E-state index contributed by atoms with van der Waals surface area (Å²) in [5, 5.41) is 35.1. The fourth-order valence-electron chi connectivity index (χ4n) is 3.21. The Balaban J connectivity index is 2.99. The first kappa shape index (κ1) is 32.2. The summed E-state index contributed by atoms with van der Waals surface area (Å²) in [4.78, 5) is 72.2.